The fourth-order valence-electron chi connectivity index (χ4n) is 0.992. The molecule has 1 heterocycles. The third kappa shape index (κ3) is 3.85. The van der Waals surface area contributed by atoms with E-state index in [1.54, 1.807) is 0 Å². The first-order valence-electron chi connectivity index (χ1n) is 4.87. The maximum atomic E-state index is 11.6. The van der Waals surface area contributed by atoms with Crippen LogP contribution in [0.2, 0.25) is 0 Å². The summed E-state index contributed by atoms with van der Waals surface area (Å²) in [4.78, 5) is 23.0. The van der Waals surface area contributed by atoms with Crippen LogP contribution in [0.1, 0.15) is 22.3 Å². The number of hydrogen-bond donors (Lipinski definition) is 1. The van der Waals surface area contributed by atoms with Gasteiger partial charge in [-0.1, -0.05) is 17.3 Å². The van der Waals surface area contributed by atoms with Gasteiger partial charge in [-0.15, -0.1) is 11.5 Å². The van der Waals surface area contributed by atoms with Crippen LogP contribution >= 0.6 is 11.5 Å². The van der Waals surface area contributed by atoms with Gasteiger partial charge in [-0.2, -0.15) is 0 Å². The predicted octanol–water partition coefficient (Wildman–Crippen LogP) is 0.00670. The van der Waals surface area contributed by atoms with Gasteiger partial charge in [0.25, 0.3) is 5.91 Å². The average Bonchev–Trinajstić information content (AvgIpc) is 2.81. The lowest BCUT2D eigenvalue weighted by molar-refractivity contribution is -0.123. The highest BCUT2D eigenvalue weighted by molar-refractivity contribution is 7.07. The third-order valence-electron chi connectivity index (χ3n) is 1.80. The minimum Gasteiger partial charge on any atom is -0.451 e. The topological polar surface area (TPSA) is 81.2 Å². The molecule has 1 aromatic rings. The van der Waals surface area contributed by atoms with Gasteiger partial charge in [0.15, 0.2) is 11.5 Å². The van der Waals surface area contributed by atoms with Gasteiger partial charge in [0, 0.05) is 0 Å². The average molecular weight is 253 g/mol. The number of aromatic nitrogens is 2. The van der Waals surface area contributed by atoms with Crippen LogP contribution in [0.4, 0.5) is 0 Å². The number of terminal acetylenes is 1. The number of carbonyl (C=O) groups is 2. The summed E-state index contributed by atoms with van der Waals surface area (Å²) in [6.07, 6.45) is 5.55. The molecule has 1 amide bonds. The Balaban J connectivity index is 2.45. The Morgan fingerprint density at radius 2 is 2.35 bits per heavy atom. The quantitative estimate of drug-likeness (QED) is 0.590. The van der Waals surface area contributed by atoms with Crippen molar-refractivity contribution < 1.29 is 14.3 Å². The number of aryl methyl sites for hydroxylation is 1. The number of nitrogens with zero attached hydrogens (tertiary/aromatic N) is 2. The Hall–Kier alpha value is -1.94. The molecule has 0 saturated carbocycles. The van der Waals surface area contributed by atoms with E-state index in [9.17, 15) is 9.59 Å². The molecule has 0 spiro atoms. The minimum absolute atomic E-state index is 0.110. The number of esters is 1. The molecule has 0 aromatic carbocycles. The van der Waals surface area contributed by atoms with Gasteiger partial charge in [0.2, 0.25) is 0 Å². The summed E-state index contributed by atoms with van der Waals surface area (Å²) >= 11 is 0.952. The lowest BCUT2D eigenvalue weighted by atomic mass is 10.3. The van der Waals surface area contributed by atoms with Crippen LogP contribution in [0.5, 0.6) is 0 Å². The normalized spacial score (nSPS) is 9.41. The molecule has 6 nitrogen and oxygen atoms in total. The third-order valence-corrected chi connectivity index (χ3v) is 2.55. The fraction of sp³-hybridized carbons (Fsp3) is 0.400. The van der Waals surface area contributed by atoms with Crippen molar-refractivity contribution in [3.63, 3.8) is 0 Å². The smallest absolute Gasteiger partial charge is 0.352 e. The zero-order valence-electron chi connectivity index (χ0n) is 9.23. The fourth-order valence-corrected chi connectivity index (χ4v) is 1.64. The van der Waals surface area contributed by atoms with Crippen LogP contribution in [0, 0.1) is 12.3 Å². The molecule has 1 N–H and O–H groups in total. The largest absolute Gasteiger partial charge is 0.451 e. The minimum atomic E-state index is -0.590. The van der Waals surface area contributed by atoms with Crippen LogP contribution < -0.4 is 5.32 Å². The summed E-state index contributed by atoms with van der Waals surface area (Å²) in [5.41, 5.74) is 0.573. The van der Waals surface area contributed by atoms with Crippen molar-refractivity contribution in [1.29, 1.82) is 0 Å². The van der Waals surface area contributed by atoms with E-state index in [0.29, 0.717) is 17.0 Å². The Labute approximate surface area is 103 Å². The number of hydrogen-bond acceptors (Lipinski definition) is 6. The van der Waals surface area contributed by atoms with E-state index in [1.807, 2.05) is 6.92 Å². The first-order chi connectivity index (χ1) is 8.19. The highest BCUT2D eigenvalue weighted by Gasteiger charge is 2.17. The van der Waals surface area contributed by atoms with Crippen LogP contribution in [-0.4, -0.2) is 34.6 Å². The molecule has 0 atom stereocenters. The van der Waals surface area contributed by atoms with E-state index in [4.69, 9.17) is 11.2 Å². The molecule has 1 rings (SSSR count). The Morgan fingerprint density at radius 3 is 3.00 bits per heavy atom. The van der Waals surface area contributed by atoms with Crippen molar-refractivity contribution in [2.45, 2.75) is 13.3 Å². The van der Waals surface area contributed by atoms with Gasteiger partial charge < -0.3 is 10.1 Å². The summed E-state index contributed by atoms with van der Waals surface area (Å²) in [6.45, 7) is 1.60. The first kappa shape index (κ1) is 13.1. The van der Waals surface area contributed by atoms with Gasteiger partial charge in [0.05, 0.1) is 12.2 Å². The molecule has 0 fully saturated rings. The number of nitrogens with one attached hydrogen (secondary N) is 1. The van der Waals surface area contributed by atoms with Crippen molar-refractivity contribution in [1.82, 2.24) is 14.9 Å². The first-order valence-corrected chi connectivity index (χ1v) is 5.64. The zero-order valence-corrected chi connectivity index (χ0v) is 10.0. The Bertz CT molecular complexity index is 450. The van der Waals surface area contributed by atoms with Crippen molar-refractivity contribution in [2.24, 2.45) is 0 Å². The number of rotatable bonds is 5. The van der Waals surface area contributed by atoms with E-state index in [0.717, 1.165) is 11.5 Å². The second kappa shape index (κ2) is 6.60. The number of carbonyl (C=O) groups excluding carboxylic acids is 2. The summed E-state index contributed by atoms with van der Waals surface area (Å²) in [5, 5.41) is 6.15. The molecule has 0 aliphatic carbocycles. The summed E-state index contributed by atoms with van der Waals surface area (Å²) in [6, 6.07) is 0. The van der Waals surface area contributed by atoms with Gasteiger partial charge in [-0.3, -0.25) is 4.79 Å². The van der Waals surface area contributed by atoms with E-state index in [-0.39, 0.29) is 13.2 Å². The van der Waals surface area contributed by atoms with E-state index >= 15 is 0 Å². The van der Waals surface area contributed by atoms with E-state index in [1.165, 1.54) is 0 Å². The van der Waals surface area contributed by atoms with Crippen molar-refractivity contribution in [3.05, 3.63) is 10.6 Å². The lowest BCUT2D eigenvalue weighted by Crippen LogP contribution is -2.29. The van der Waals surface area contributed by atoms with E-state index < -0.39 is 11.9 Å². The lowest BCUT2D eigenvalue weighted by Gasteiger charge is -2.03. The summed E-state index contributed by atoms with van der Waals surface area (Å²) in [7, 11) is 0. The van der Waals surface area contributed by atoms with Crippen LogP contribution in [0.15, 0.2) is 0 Å². The van der Waals surface area contributed by atoms with Gasteiger partial charge in [0.1, 0.15) is 0 Å². The highest BCUT2D eigenvalue weighted by Crippen LogP contribution is 2.12. The van der Waals surface area contributed by atoms with Gasteiger partial charge in [-0.25, -0.2) is 4.79 Å². The predicted molar refractivity (Wildman–Crippen MR) is 61.4 cm³/mol. The molecule has 0 bridgehead atoms. The second-order valence-corrected chi connectivity index (χ2v) is 3.71. The maximum Gasteiger partial charge on any atom is 0.352 e. The van der Waals surface area contributed by atoms with Crippen LogP contribution in [-0.2, 0) is 16.0 Å². The molecule has 0 aliphatic heterocycles. The maximum absolute atomic E-state index is 11.6. The van der Waals surface area contributed by atoms with Crippen LogP contribution in [0.3, 0.4) is 0 Å². The Kier molecular flexibility index (Phi) is 5.10. The van der Waals surface area contributed by atoms with Gasteiger partial charge in [-0.05, 0) is 18.0 Å². The molecular formula is C10H11N3O3S. The standard InChI is InChI=1S/C10H11N3O3S/c1-3-5-11-8(14)6-16-10(15)9-7(4-2)12-13-17-9/h1H,4-6H2,2H3,(H,11,14). The van der Waals surface area contributed by atoms with Crippen LogP contribution in [0.25, 0.3) is 0 Å². The molecule has 90 valence electrons. The van der Waals surface area contributed by atoms with E-state index in [2.05, 4.69) is 20.8 Å². The molecule has 0 radical (unpaired) electrons. The van der Waals surface area contributed by atoms with Gasteiger partial charge >= 0.3 is 5.97 Å². The molecule has 17 heavy (non-hydrogen) atoms. The highest BCUT2D eigenvalue weighted by atomic mass is 32.1. The van der Waals surface area contributed by atoms with Crippen molar-refractivity contribution in [3.8, 4) is 12.3 Å². The Morgan fingerprint density at radius 1 is 1.59 bits per heavy atom. The molecule has 0 aliphatic rings. The molecular weight excluding hydrogens is 242 g/mol. The number of ether oxygens (including phenoxy) is 1. The summed E-state index contributed by atoms with van der Waals surface area (Å²) in [5.74, 6) is 1.21. The zero-order chi connectivity index (χ0) is 12.7. The molecule has 7 heteroatoms. The molecule has 1 aromatic heterocycles. The monoisotopic (exact) mass is 253 g/mol. The molecule has 0 saturated heterocycles. The molecule has 0 unspecified atom stereocenters. The SMILES string of the molecule is C#CCNC(=O)COC(=O)c1snnc1CC. The number of amides is 1. The summed E-state index contributed by atoms with van der Waals surface area (Å²) < 4.78 is 8.45. The van der Waals surface area contributed by atoms with Crippen molar-refractivity contribution >= 4 is 23.4 Å². The van der Waals surface area contributed by atoms with Crippen molar-refractivity contribution in [2.75, 3.05) is 13.2 Å². The second-order valence-electron chi connectivity index (χ2n) is 2.96.